The highest BCUT2D eigenvalue weighted by Gasteiger charge is 2.16. The number of benzene rings is 2. The summed E-state index contributed by atoms with van der Waals surface area (Å²) < 4.78 is 31.8. The van der Waals surface area contributed by atoms with Crippen LogP contribution in [0.5, 0.6) is 0 Å². The molecule has 0 saturated carbocycles. The average Bonchev–Trinajstić information content (AvgIpc) is 2.39. The standard InChI is InChI=1S/C13H16N2O3S/c1-18-9-8-15-19(16,17)13-7-3-4-10-11(13)5-2-6-12(10)14/h2-7,15H,8-9,14H2,1H3. The Morgan fingerprint density at radius 3 is 2.58 bits per heavy atom. The number of sulfonamides is 1. The van der Waals surface area contributed by atoms with E-state index < -0.39 is 10.0 Å². The van der Waals surface area contributed by atoms with E-state index in [-0.39, 0.29) is 11.4 Å². The Kier molecular flexibility index (Phi) is 4.04. The summed E-state index contributed by atoms with van der Waals surface area (Å²) in [5.41, 5.74) is 6.42. The molecule has 0 amide bonds. The Morgan fingerprint density at radius 2 is 1.84 bits per heavy atom. The van der Waals surface area contributed by atoms with E-state index in [1.165, 1.54) is 7.11 Å². The second-order valence-corrected chi connectivity index (χ2v) is 5.82. The number of rotatable bonds is 5. The lowest BCUT2D eigenvalue weighted by molar-refractivity contribution is 0.204. The molecule has 3 N–H and O–H groups in total. The number of hydrogen-bond acceptors (Lipinski definition) is 4. The topological polar surface area (TPSA) is 81.4 Å². The summed E-state index contributed by atoms with van der Waals surface area (Å²) in [6.07, 6.45) is 0. The molecule has 0 radical (unpaired) electrons. The predicted molar refractivity (Wildman–Crippen MR) is 75.4 cm³/mol. The van der Waals surface area contributed by atoms with E-state index in [4.69, 9.17) is 10.5 Å². The molecule has 0 fully saturated rings. The smallest absolute Gasteiger partial charge is 0.241 e. The number of nitrogen functional groups attached to an aromatic ring is 1. The lowest BCUT2D eigenvalue weighted by Gasteiger charge is -2.10. The zero-order valence-electron chi connectivity index (χ0n) is 10.6. The molecule has 2 aromatic carbocycles. The SMILES string of the molecule is COCCNS(=O)(=O)c1cccc2c(N)cccc12. The van der Waals surface area contributed by atoms with Crippen molar-refractivity contribution in [2.24, 2.45) is 0 Å². The van der Waals surface area contributed by atoms with Crippen LogP contribution in [0.25, 0.3) is 10.8 Å². The summed E-state index contributed by atoms with van der Waals surface area (Å²) in [6.45, 7) is 0.559. The maximum atomic E-state index is 12.2. The molecule has 0 aromatic heterocycles. The fourth-order valence-corrected chi connectivity index (χ4v) is 3.13. The third-order valence-electron chi connectivity index (χ3n) is 2.80. The summed E-state index contributed by atoms with van der Waals surface area (Å²) in [7, 11) is -2.04. The second kappa shape index (κ2) is 5.56. The molecule has 0 spiro atoms. The lowest BCUT2D eigenvalue weighted by Crippen LogP contribution is -2.27. The van der Waals surface area contributed by atoms with Crippen LogP contribution in [0.4, 0.5) is 5.69 Å². The van der Waals surface area contributed by atoms with E-state index in [2.05, 4.69) is 4.72 Å². The van der Waals surface area contributed by atoms with Gasteiger partial charge >= 0.3 is 0 Å². The van der Waals surface area contributed by atoms with Crippen LogP contribution in [-0.2, 0) is 14.8 Å². The number of methoxy groups -OCH3 is 1. The molecule has 0 heterocycles. The summed E-state index contributed by atoms with van der Waals surface area (Å²) >= 11 is 0. The van der Waals surface area contributed by atoms with Crippen molar-refractivity contribution in [3.8, 4) is 0 Å². The summed E-state index contributed by atoms with van der Waals surface area (Å²) in [5.74, 6) is 0. The molecule has 19 heavy (non-hydrogen) atoms. The van der Waals surface area contributed by atoms with Crippen molar-refractivity contribution in [3.05, 3.63) is 36.4 Å². The zero-order valence-corrected chi connectivity index (χ0v) is 11.4. The first kappa shape index (κ1) is 13.8. The highest BCUT2D eigenvalue weighted by Crippen LogP contribution is 2.26. The maximum absolute atomic E-state index is 12.2. The van der Waals surface area contributed by atoms with Gasteiger partial charge in [0.25, 0.3) is 0 Å². The number of nitrogens with two attached hydrogens (primary N) is 1. The highest BCUT2D eigenvalue weighted by atomic mass is 32.2. The molecule has 0 saturated heterocycles. The molecule has 2 rings (SSSR count). The predicted octanol–water partition coefficient (Wildman–Crippen LogP) is 1.35. The van der Waals surface area contributed by atoms with E-state index in [0.29, 0.717) is 17.7 Å². The van der Waals surface area contributed by atoms with Crippen LogP contribution < -0.4 is 10.5 Å². The van der Waals surface area contributed by atoms with Crippen molar-refractivity contribution in [3.63, 3.8) is 0 Å². The van der Waals surface area contributed by atoms with Crippen LogP contribution in [0.2, 0.25) is 0 Å². The average molecular weight is 280 g/mol. The molecule has 102 valence electrons. The Balaban J connectivity index is 2.48. The fourth-order valence-electron chi connectivity index (χ4n) is 1.90. The summed E-state index contributed by atoms with van der Waals surface area (Å²) in [6, 6.07) is 10.3. The minimum absolute atomic E-state index is 0.230. The molecule has 6 heteroatoms. The highest BCUT2D eigenvalue weighted by molar-refractivity contribution is 7.89. The van der Waals surface area contributed by atoms with Gasteiger partial charge in [0, 0.05) is 30.1 Å². The first-order chi connectivity index (χ1) is 9.06. The van der Waals surface area contributed by atoms with E-state index >= 15 is 0 Å². The van der Waals surface area contributed by atoms with Gasteiger partial charge in [-0.15, -0.1) is 0 Å². The van der Waals surface area contributed by atoms with Crippen LogP contribution in [0.1, 0.15) is 0 Å². The van der Waals surface area contributed by atoms with Gasteiger partial charge in [0.2, 0.25) is 10.0 Å². The van der Waals surface area contributed by atoms with E-state index in [0.717, 1.165) is 5.39 Å². The van der Waals surface area contributed by atoms with E-state index in [1.807, 2.05) is 0 Å². The van der Waals surface area contributed by atoms with Gasteiger partial charge < -0.3 is 10.5 Å². The number of anilines is 1. The van der Waals surface area contributed by atoms with Crippen LogP contribution in [0, 0.1) is 0 Å². The number of nitrogens with one attached hydrogen (secondary N) is 1. The fraction of sp³-hybridized carbons (Fsp3) is 0.231. The number of fused-ring (bicyclic) bond motifs is 1. The monoisotopic (exact) mass is 280 g/mol. The molecule has 2 aromatic rings. The normalized spacial score (nSPS) is 11.8. The Bertz CT molecular complexity index is 683. The quantitative estimate of drug-likeness (QED) is 0.640. The second-order valence-electron chi connectivity index (χ2n) is 4.09. The number of hydrogen-bond donors (Lipinski definition) is 2. The molecule has 0 bridgehead atoms. The zero-order chi connectivity index (χ0) is 13.9. The molecule has 0 unspecified atom stereocenters. The van der Waals surface area contributed by atoms with Crippen LogP contribution in [0.15, 0.2) is 41.3 Å². The van der Waals surface area contributed by atoms with Crippen molar-refractivity contribution < 1.29 is 13.2 Å². The molecular weight excluding hydrogens is 264 g/mol. The van der Waals surface area contributed by atoms with Gasteiger partial charge in [-0.2, -0.15) is 0 Å². The molecule has 0 aliphatic heterocycles. The van der Waals surface area contributed by atoms with Crippen LogP contribution >= 0.6 is 0 Å². The van der Waals surface area contributed by atoms with Crippen LogP contribution in [0.3, 0.4) is 0 Å². The molecule has 0 aliphatic carbocycles. The van der Waals surface area contributed by atoms with Gasteiger partial charge in [-0.25, -0.2) is 13.1 Å². The Labute approximate surface area is 112 Å². The molecule has 0 aliphatic rings. The van der Waals surface area contributed by atoms with Crippen molar-refractivity contribution in [1.29, 1.82) is 0 Å². The molecule has 0 atom stereocenters. The number of ether oxygens (including phenoxy) is 1. The summed E-state index contributed by atoms with van der Waals surface area (Å²) in [5, 5.41) is 1.35. The van der Waals surface area contributed by atoms with Gasteiger partial charge in [-0.05, 0) is 12.1 Å². The summed E-state index contributed by atoms with van der Waals surface area (Å²) in [4.78, 5) is 0.230. The minimum Gasteiger partial charge on any atom is -0.398 e. The van der Waals surface area contributed by atoms with Gasteiger partial charge in [0.05, 0.1) is 11.5 Å². The van der Waals surface area contributed by atoms with Gasteiger partial charge in [-0.1, -0.05) is 24.3 Å². The minimum atomic E-state index is -3.56. The van der Waals surface area contributed by atoms with Crippen LogP contribution in [-0.4, -0.2) is 28.7 Å². The van der Waals surface area contributed by atoms with E-state index in [9.17, 15) is 8.42 Å². The van der Waals surface area contributed by atoms with Gasteiger partial charge in [-0.3, -0.25) is 0 Å². The molecule has 5 nitrogen and oxygen atoms in total. The van der Waals surface area contributed by atoms with Gasteiger partial charge in [0.15, 0.2) is 0 Å². The first-order valence-corrected chi connectivity index (χ1v) is 7.30. The third-order valence-corrected chi connectivity index (χ3v) is 4.32. The Morgan fingerprint density at radius 1 is 1.16 bits per heavy atom. The van der Waals surface area contributed by atoms with Crippen molar-refractivity contribution >= 4 is 26.5 Å². The largest absolute Gasteiger partial charge is 0.398 e. The lowest BCUT2D eigenvalue weighted by atomic mass is 10.1. The van der Waals surface area contributed by atoms with Gasteiger partial charge in [0.1, 0.15) is 0 Å². The first-order valence-electron chi connectivity index (χ1n) is 5.82. The van der Waals surface area contributed by atoms with Crippen molar-refractivity contribution in [2.75, 3.05) is 26.0 Å². The maximum Gasteiger partial charge on any atom is 0.241 e. The van der Waals surface area contributed by atoms with Crippen molar-refractivity contribution in [2.45, 2.75) is 4.90 Å². The third kappa shape index (κ3) is 2.86. The Hall–Kier alpha value is -1.63. The van der Waals surface area contributed by atoms with E-state index in [1.54, 1.807) is 36.4 Å². The molecular formula is C13H16N2O3S. The van der Waals surface area contributed by atoms with Crippen molar-refractivity contribution in [1.82, 2.24) is 4.72 Å².